The number of esters is 2. The highest BCUT2D eigenvalue weighted by Crippen LogP contribution is 2.44. The highest BCUT2D eigenvalue weighted by Gasteiger charge is 2.37. The van der Waals surface area contributed by atoms with Crippen molar-refractivity contribution in [3.63, 3.8) is 0 Å². The number of carbonyl (C=O) groups is 2. The standard InChI is InChI=1S/C20H38O4S2/c1-17(2,3)11-13-23-15(21)19(7,8)25-26-20(9,10)16(22)24-14-12-18(4,5)6/h11-14H2,1-10H3. The van der Waals surface area contributed by atoms with Gasteiger partial charge in [0.2, 0.25) is 0 Å². The third-order valence-corrected chi connectivity index (χ3v) is 7.61. The van der Waals surface area contributed by atoms with Crippen molar-refractivity contribution in [2.24, 2.45) is 10.8 Å². The second-order valence-corrected chi connectivity index (χ2v) is 13.5. The maximum Gasteiger partial charge on any atom is 0.322 e. The molecule has 0 rings (SSSR count). The van der Waals surface area contributed by atoms with Gasteiger partial charge in [0.05, 0.1) is 13.2 Å². The molecule has 4 nitrogen and oxygen atoms in total. The van der Waals surface area contributed by atoms with Gasteiger partial charge in [-0.2, -0.15) is 0 Å². The molecule has 6 heteroatoms. The molecular formula is C20H38O4S2. The third-order valence-electron chi connectivity index (χ3n) is 3.61. The Kier molecular flexibility index (Phi) is 9.58. The first kappa shape index (κ1) is 25.6. The summed E-state index contributed by atoms with van der Waals surface area (Å²) in [4.78, 5) is 24.7. The Balaban J connectivity index is 4.47. The van der Waals surface area contributed by atoms with E-state index in [1.807, 2.05) is 27.7 Å². The van der Waals surface area contributed by atoms with Crippen molar-refractivity contribution in [2.45, 2.75) is 91.6 Å². The van der Waals surface area contributed by atoms with Gasteiger partial charge in [0.25, 0.3) is 0 Å². The van der Waals surface area contributed by atoms with Crippen LogP contribution in [0.1, 0.15) is 82.1 Å². The number of carbonyl (C=O) groups excluding carboxylic acids is 2. The van der Waals surface area contributed by atoms with Crippen LogP contribution in [0.4, 0.5) is 0 Å². The van der Waals surface area contributed by atoms with Crippen molar-refractivity contribution >= 4 is 33.5 Å². The van der Waals surface area contributed by atoms with E-state index in [4.69, 9.17) is 9.47 Å². The van der Waals surface area contributed by atoms with Gasteiger partial charge in [-0.05, 0) is 51.4 Å². The molecule has 0 spiro atoms. The predicted octanol–water partition coefficient (Wildman–Crippen LogP) is 5.88. The molecule has 0 heterocycles. The summed E-state index contributed by atoms with van der Waals surface area (Å²) in [5, 5.41) is 0. The van der Waals surface area contributed by atoms with Crippen molar-refractivity contribution in [2.75, 3.05) is 13.2 Å². The zero-order valence-corrected chi connectivity index (χ0v) is 19.9. The minimum atomic E-state index is -0.731. The van der Waals surface area contributed by atoms with Crippen LogP contribution in [0.5, 0.6) is 0 Å². The van der Waals surface area contributed by atoms with Crippen molar-refractivity contribution in [3.8, 4) is 0 Å². The number of ether oxygens (including phenoxy) is 2. The second kappa shape index (κ2) is 9.72. The van der Waals surface area contributed by atoms with Crippen LogP contribution in [0.15, 0.2) is 0 Å². The second-order valence-electron chi connectivity index (χ2n) is 10.1. The Bertz CT molecular complexity index is 427. The van der Waals surface area contributed by atoms with E-state index in [1.54, 1.807) is 0 Å². The molecule has 0 aromatic carbocycles. The third kappa shape index (κ3) is 11.4. The van der Waals surface area contributed by atoms with Crippen molar-refractivity contribution in [1.82, 2.24) is 0 Å². The quantitative estimate of drug-likeness (QED) is 0.352. The molecule has 0 unspecified atom stereocenters. The summed E-state index contributed by atoms with van der Waals surface area (Å²) in [5.74, 6) is -0.507. The van der Waals surface area contributed by atoms with Gasteiger partial charge in [0.15, 0.2) is 0 Å². The van der Waals surface area contributed by atoms with Crippen LogP contribution >= 0.6 is 21.6 Å². The van der Waals surface area contributed by atoms with Crippen molar-refractivity contribution < 1.29 is 19.1 Å². The molecule has 0 fully saturated rings. The van der Waals surface area contributed by atoms with Gasteiger partial charge in [-0.1, -0.05) is 63.1 Å². The largest absolute Gasteiger partial charge is 0.465 e. The highest BCUT2D eigenvalue weighted by molar-refractivity contribution is 8.78. The van der Waals surface area contributed by atoms with E-state index in [0.29, 0.717) is 13.2 Å². The molecule has 0 aromatic rings. The van der Waals surface area contributed by atoms with Gasteiger partial charge in [-0.25, -0.2) is 0 Å². The maximum absolute atomic E-state index is 12.3. The summed E-state index contributed by atoms with van der Waals surface area (Å²) in [7, 11) is 2.72. The Hall–Kier alpha value is -0.360. The van der Waals surface area contributed by atoms with E-state index in [-0.39, 0.29) is 22.8 Å². The molecule has 0 atom stereocenters. The highest BCUT2D eigenvalue weighted by atomic mass is 33.1. The van der Waals surface area contributed by atoms with Gasteiger partial charge in [-0.3, -0.25) is 9.59 Å². The number of rotatable bonds is 9. The van der Waals surface area contributed by atoms with Crippen LogP contribution in [0.25, 0.3) is 0 Å². The number of hydrogen-bond donors (Lipinski definition) is 0. The molecule has 0 aliphatic rings. The summed E-state index contributed by atoms with van der Waals surface area (Å²) < 4.78 is 9.38. The van der Waals surface area contributed by atoms with Crippen LogP contribution in [0, 0.1) is 10.8 Å². The lowest BCUT2D eigenvalue weighted by Crippen LogP contribution is -2.34. The van der Waals surface area contributed by atoms with Crippen LogP contribution in [-0.2, 0) is 19.1 Å². The molecule has 154 valence electrons. The van der Waals surface area contributed by atoms with Gasteiger partial charge in [-0.15, -0.1) is 0 Å². The maximum atomic E-state index is 12.3. The number of hydrogen-bond acceptors (Lipinski definition) is 6. The fourth-order valence-corrected chi connectivity index (χ4v) is 3.85. The lowest BCUT2D eigenvalue weighted by molar-refractivity contribution is -0.147. The summed E-state index contributed by atoms with van der Waals surface area (Å²) >= 11 is 0. The topological polar surface area (TPSA) is 52.6 Å². The zero-order chi connectivity index (χ0) is 20.8. The minimum Gasteiger partial charge on any atom is -0.465 e. The monoisotopic (exact) mass is 406 g/mol. The lowest BCUT2D eigenvalue weighted by atomic mass is 9.93. The molecule has 0 N–H and O–H groups in total. The van der Waals surface area contributed by atoms with Crippen molar-refractivity contribution in [1.29, 1.82) is 0 Å². The summed E-state index contributed by atoms with van der Waals surface area (Å²) in [6.07, 6.45) is 1.64. The predicted molar refractivity (Wildman–Crippen MR) is 113 cm³/mol. The molecule has 0 bridgehead atoms. The first-order chi connectivity index (χ1) is 11.5. The summed E-state index contributed by atoms with van der Waals surface area (Å²) in [6.45, 7) is 20.8. The van der Waals surface area contributed by atoms with E-state index in [1.165, 1.54) is 21.6 Å². The first-order valence-corrected chi connectivity index (χ1v) is 11.3. The Morgan fingerprint density at radius 3 is 1.12 bits per heavy atom. The fourth-order valence-electron chi connectivity index (χ4n) is 1.52. The normalized spacial score (nSPS) is 13.5. The zero-order valence-electron chi connectivity index (χ0n) is 18.3. The Labute approximate surface area is 168 Å². The fraction of sp³-hybridized carbons (Fsp3) is 0.900. The molecule has 0 radical (unpaired) electrons. The molecular weight excluding hydrogens is 368 g/mol. The minimum absolute atomic E-state index is 0.130. The van der Waals surface area contributed by atoms with E-state index in [2.05, 4.69) is 41.5 Å². The van der Waals surface area contributed by atoms with Crippen LogP contribution in [0.3, 0.4) is 0 Å². The SMILES string of the molecule is CC(C)(C)CCOC(=O)C(C)(C)SSC(C)(C)C(=O)OCCC(C)(C)C. The van der Waals surface area contributed by atoms with Gasteiger partial charge < -0.3 is 9.47 Å². The average molecular weight is 407 g/mol. The van der Waals surface area contributed by atoms with Gasteiger partial charge in [0.1, 0.15) is 9.49 Å². The van der Waals surface area contributed by atoms with E-state index >= 15 is 0 Å². The summed E-state index contributed by atoms with van der Waals surface area (Å²) in [5.41, 5.74) is 0.260. The average Bonchev–Trinajstić information content (AvgIpc) is 2.42. The smallest absolute Gasteiger partial charge is 0.322 e. The molecule has 0 amide bonds. The lowest BCUT2D eigenvalue weighted by Gasteiger charge is -2.28. The van der Waals surface area contributed by atoms with E-state index < -0.39 is 9.49 Å². The Morgan fingerprint density at radius 1 is 0.615 bits per heavy atom. The van der Waals surface area contributed by atoms with Crippen LogP contribution < -0.4 is 0 Å². The van der Waals surface area contributed by atoms with Crippen molar-refractivity contribution in [3.05, 3.63) is 0 Å². The molecule has 0 saturated carbocycles. The molecule has 0 aliphatic heterocycles. The van der Waals surface area contributed by atoms with Crippen LogP contribution in [-0.4, -0.2) is 34.6 Å². The van der Waals surface area contributed by atoms with E-state index in [0.717, 1.165) is 12.8 Å². The Morgan fingerprint density at radius 2 is 0.885 bits per heavy atom. The van der Waals surface area contributed by atoms with Crippen LogP contribution in [0.2, 0.25) is 0 Å². The van der Waals surface area contributed by atoms with Gasteiger partial charge in [0, 0.05) is 0 Å². The summed E-state index contributed by atoms with van der Waals surface area (Å²) in [6, 6.07) is 0. The molecule has 0 aliphatic carbocycles. The van der Waals surface area contributed by atoms with Gasteiger partial charge >= 0.3 is 11.9 Å². The molecule has 0 aromatic heterocycles. The van der Waals surface area contributed by atoms with E-state index in [9.17, 15) is 9.59 Å². The molecule has 26 heavy (non-hydrogen) atoms. The first-order valence-electron chi connectivity index (χ1n) is 9.18. The molecule has 0 saturated heterocycles.